The number of amides is 1. The highest BCUT2D eigenvalue weighted by molar-refractivity contribution is 7.10. The van der Waals surface area contributed by atoms with Crippen molar-refractivity contribution < 1.29 is 13.9 Å². The van der Waals surface area contributed by atoms with Gasteiger partial charge in [0.05, 0.1) is 16.9 Å². The minimum atomic E-state index is -0.955. The molecule has 0 saturated heterocycles. The van der Waals surface area contributed by atoms with Crippen molar-refractivity contribution in [3.05, 3.63) is 154 Å². The second kappa shape index (κ2) is 11.9. The highest BCUT2D eigenvalue weighted by atomic mass is 32.1. The van der Waals surface area contributed by atoms with Gasteiger partial charge in [-0.3, -0.25) is 5.32 Å². The SMILES string of the molecule is CC(C)(C)OC(=O)Nc1cc2c(/C=C/c3cccs3)nn(C(c3ccccc3)(c3ccccc3)c3ccccc3)c2cc1F. The van der Waals surface area contributed by atoms with Crippen molar-refractivity contribution >= 4 is 46.2 Å². The molecule has 0 unspecified atom stereocenters. The van der Waals surface area contributed by atoms with Gasteiger partial charge in [-0.05, 0) is 67.1 Å². The van der Waals surface area contributed by atoms with E-state index in [1.165, 1.54) is 6.07 Å². The van der Waals surface area contributed by atoms with E-state index in [1.807, 2.05) is 88.9 Å². The zero-order chi connectivity index (χ0) is 30.7. The number of hydrogen-bond acceptors (Lipinski definition) is 4. The van der Waals surface area contributed by atoms with Gasteiger partial charge in [0, 0.05) is 16.3 Å². The molecule has 0 saturated carbocycles. The van der Waals surface area contributed by atoms with E-state index in [4.69, 9.17) is 9.84 Å². The quantitative estimate of drug-likeness (QED) is 0.185. The first kappa shape index (κ1) is 29.1. The number of rotatable bonds is 7. The van der Waals surface area contributed by atoms with Crippen LogP contribution in [0.3, 0.4) is 0 Å². The van der Waals surface area contributed by atoms with E-state index in [1.54, 1.807) is 38.2 Å². The number of fused-ring (bicyclic) bond motifs is 1. The second-order valence-corrected chi connectivity index (χ2v) is 12.4. The van der Waals surface area contributed by atoms with Crippen LogP contribution in [0.15, 0.2) is 121 Å². The van der Waals surface area contributed by atoms with Gasteiger partial charge in [-0.15, -0.1) is 11.3 Å². The summed E-state index contributed by atoms with van der Waals surface area (Å²) in [6, 6.07) is 37.5. The lowest BCUT2D eigenvalue weighted by atomic mass is 9.77. The van der Waals surface area contributed by atoms with Crippen LogP contribution in [0, 0.1) is 5.82 Å². The lowest BCUT2D eigenvalue weighted by Gasteiger charge is -2.37. The average molecular weight is 602 g/mol. The fourth-order valence-corrected chi connectivity index (χ4v) is 6.12. The van der Waals surface area contributed by atoms with E-state index in [2.05, 4.69) is 41.7 Å². The Morgan fingerprint density at radius 3 is 1.89 bits per heavy atom. The molecule has 7 heteroatoms. The number of benzene rings is 4. The molecule has 0 fully saturated rings. The van der Waals surface area contributed by atoms with Crippen LogP contribution in [0.5, 0.6) is 0 Å². The molecule has 0 aliphatic rings. The van der Waals surface area contributed by atoms with E-state index in [0.717, 1.165) is 21.6 Å². The predicted octanol–water partition coefficient (Wildman–Crippen LogP) is 9.59. The fraction of sp³-hybridized carbons (Fsp3) is 0.135. The Balaban J connectivity index is 1.66. The second-order valence-electron chi connectivity index (χ2n) is 11.4. The molecule has 1 N–H and O–H groups in total. The van der Waals surface area contributed by atoms with Crippen LogP contribution in [0.2, 0.25) is 0 Å². The third kappa shape index (κ3) is 5.66. The van der Waals surface area contributed by atoms with Crippen LogP contribution in [0.4, 0.5) is 14.9 Å². The third-order valence-corrected chi connectivity index (χ3v) is 8.11. The lowest BCUT2D eigenvalue weighted by Crippen LogP contribution is -2.38. The zero-order valence-electron chi connectivity index (χ0n) is 24.7. The van der Waals surface area contributed by atoms with Gasteiger partial charge in [-0.25, -0.2) is 13.9 Å². The van der Waals surface area contributed by atoms with Crippen LogP contribution in [-0.4, -0.2) is 21.5 Å². The number of aromatic nitrogens is 2. The summed E-state index contributed by atoms with van der Waals surface area (Å²) in [5, 5.41) is 10.5. The molecule has 2 heterocycles. The maximum Gasteiger partial charge on any atom is 0.412 e. The summed E-state index contributed by atoms with van der Waals surface area (Å²) in [5.41, 5.74) is 2.43. The molecular weight excluding hydrogens is 569 g/mol. The Bertz CT molecular complexity index is 1810. The summed E-state index contributed by atoms with van der Waals surface area (Å²) in [5.74, 6) is -0.596. The van der Waals surface area contributed by atoms with Crippen LogP contribution in [-0.2, 0) is 10.3 Å². The summed E-state index contributed by atoms with van der Waals surface area (Å²) in [6.07, 6.45) is 3.20. The number of nitrogens with zero attached hydrogens (tertiary/aromatic N) is 2. The van der Waals surface area contributed by atoms with E-state index in [-0.39, 0.29) is 5.69 Å². The van der Waals surface area contributed by atoms with Crippen LogP contribution in [0.1, 0.15) is 48.0 Å². The summed E-state index contributed by atoms with van der Waals surface area (Å²) < 4.78 is 23.3. The maximum atomic E-state index is 16.0. The van der Waals surface area contributed by atoms with Gasteiger partial charge in [-0.2, -0.15) is 5.10 Å². The molecule has 0 aliphatic carbocycles. The number of carbonyl (C=O) groups excluding carboxylic acids is 1. The number of thiophene rings is 1. The van der Waals surface area contributed by atoms with Gasteiger partial charge in [0.2, 0.25) is 0 Å². The van der Waals surface area contributed by atoms with Crippen LogP contribution < -0.4 is 5.32 Å². The molecule has 0 atom stereocenters. The molecule has 2 aromatic heterocycles. The molecule has 4 aromatic carbocycles. The maximum absolute atomic E-state index is 16.0. The van der Waals surface area contributed by atoms with Crippen LogP contribution in [0.25, 0.3) is 23.1 Å². The Morgan fingerprint density at radius 1 is 0.818 bits per heavy atom. The van der Waals surface area contributed by atoms with Crippen molar-refractivity contribution in [2.75, 3.05) is 5.32 Å². The summed E-state index contributed by atoms with van der Waals surface area (Å²) in [4.78, 5) is 13.7. The molecule has 0 radical (unpaired) electrons. The minimum Gasteiger partial charge on any atom is -0.444 e. The molecular formula is C37H32FN3O2S. The topological polar surface area (TPSA) is 56.1 Å². The van der Waals surface area contributed by atoms with E-state index in [0.29, 0.717) is 16.6 Å². The predicted molar refractivity (Wildman–Crippen MR) is 177 cm³/mol. The normalized spacial score (nSPS) is 12.1. The smallest absolute Gasteiger partial charge is 0.412 e. The van der Waals surface area contributed by atoms with Gasteiger partial charge in [0.25, 0.3) is 0 Å². The Morgan fingerprint density at radius 2 is 1.39 bits per heavy atom. The van der Waals surface area contributed by atoms with Crippen molar-refractivity contribution in [3.63, 3.8) is 0 Å². The van der Waals surface area contributed by atoms with E-state index >= 15 is 4.39 Å². The first-order valence-corrected chi connectivity index (χ1v) is 15.2. The largest absolute Gasteiger partial charge is 0.444 e. The average Bonchev–Trinajstić information content (AvgIpc) is 3.66. The molecule has 6 rings (SSSR count). The number of nitrogens with one attached hydrogen (secondary N) is 1. The monoisotopic (exact) mass is 601 g/mol. The summed E-state index contributed by atoms with van der Waals surface area (Å²) in [7, 11) is 0. The first-order chi connectivity index (χ1) is 21.3. The zero-order valence-corrected chi connectivity index (χ0v) is 25.5. The van der Waals surface area contributed by atoms with Crippen molar-refractivity contribution in [1.82, 2.24) is 9.78 Å². The van der Waals surface area contributed by atoms with Crippen molar-refractivity contribution in [2.45, 2.75) is 31.9 Å². The number of halogens is 1. The first-order valence-electron chi connectivity index (χ1n) is 14.4. The number of hydrogen-bond donors (Lipinski definition) is 1. The molecule has 5 nitrogen and oxygen atoms in total. The molecule has 1 amide bonds. The Kier molecular flexibility index (Phi) is 7.89. The summed E-state index contributed by atoms with van der Waals surface area (Å²) in [6.45, 7) is 5.29. The molecule has 220 valence electrons. The van der Waals surface area contributed by atoms with Crippen molar-refractivity contribution in [1.29, 1.82) is 0 Å². The van der Waals surface area contributed by atoms with Gasteiger partial charge < -0.3 is 4.74 Å². The highest BCUT2D eigenvalue weighted by Gasteiger charge is 2.41. The molecule has 6 aromatic rings. The van der Waals surface area contributed by atoms with Gasteiger partial charge in [0.1, 0.15) is 17.0 Å². The lowest BCUT2D eigenvalue weighted by molar-refractivity contribution is 0.0635. The molecule has 0 aliphatic heterocycles. The van der Waals surface area contributed by atoms with Crippen molar-refractivity contribution in [2.24, 2.45) is 0 Å². The van der Waals surface area contributed by atoms with Gasteiger partial charge in [0.15, 0.2) is 0 Å². The van der Waals surface area contributed by atoms with E-state index in [9.17, 15) is 4.79 Å². The van der Waals surface area contributed by atoms with E-state index < -0.39 is 23.1 Å². The number of carbonyl (C=O) groups is 1. The number of ether oxygens (including phenoxy) is 1. The minimum absolute atomic E-state index is 0.0156. The Labute approximate surface area is 260 Å². The number of anilines is 1. The third-order valence-electron chi connectivity index (χ3n) is 7.27. The van der Waals surface area contributed by atoms with Gasteiger partial charge in [-0.1, -0.05) is 97.1 Å². The fourth-order valence-electron chi connectivity index (χ4n) is 5.50. The highest BCUT2D eigenvalue weighted by Crippen LogP contribution is 2.43. The molecule has 0 spiro atoms. The molecule has 0 bridgehead atoms. The Hall–Kier alpha value is -5.01. The van der Waals surface area contributed by atoms with Crippen LogP contribution >= 0.6 is 11.3 Å². The summed E-state index contributed by atoms with van der Waals surface area (Å²) >= 11 is 1.61. The molecule has 44 heavy (non-hydrogen) atoms. The van der Waals surface area contributed by atoms with Gasteiger partial charge >= 0.3 is 6.09 Å². The standard InChI is InChI=1S/C37H32FN3O2S/c1-36(2,3)43-35(42)39-33-24-30-32(22-21-29-20-13-23-44-29)40-41(34(30)25-31(33)38)37(26-14-7-4-8-15-26,27-16-9-5-10-17-27)28-18-11-6-12-19-28/h4-25H,1-3H3,(H,39,42)/b22-21+. The van der Waals surface area contributed by atoms with Crippen molar-refractivity contribution in [3.8, 4) is 0 Å².